The van der Waals surface area contributed by atoms with Crippen molar-refractivity contribution in [1.82, 2.24) is 0 Å². The van der Waals surface area contributed by atoms with Crippen molar-refractivity contribution in [3.8, 4) is 0 Å². The third-order valence-corrected chi connectivity index (χ3v) is 4.19. The Morgan fingerprint density at radius 2 is 1.21 bits per heavy atom. The normalized spacial score (nSPS) is 30.9. The van der Waals surface area contributed by atoms with Crippen molar-refractivity contribution < 1.29 is 0 Å². The van der Waals surface area contributed by atoms with E-state index in [-0.39, 0.29) is 0 Å². The zero-order valence-corrected chi connectivity index (χ0v) is 9.56. The van der Waals surface area contributed by atoms with Crippen LogP contribution in [0.25, 0.3) is 0 Å². The lowest BCUT2D eigenvalue weighted by Gasteiger charge is -2.21. The molecule has 0 heterocycles. The van der Waals surface area contributed by atoms with Crippen LogP contribution in [0.1, 0.15) is 77.0 Å². The minimum absolute atomic E-state index is 1.09. The highest BCUT2D eigenvalue weighted by Gasteiger charge is 2.25. The topological polar surface area (TPSA) is 0 Å². The van der Waals surface area contributed by atoms with Crippen LogP contribution >= 0.6 is 0 Å². The van der Waals surface area contributed by atoms with Crippen molar-refractivity contribution in [1.29, 1.82) is 0 Å². The fraction of sp³-hybridized carbons (Fsp3) is 0.929. The van der Waals surface area contributed by atoms with Crippen LogP contribution < -0.4 is 0 Å². The fourth-order valence-electron chi connectivity index (χ4n) is 3.19. The second-order valence-electron chi connectivity index (χ2n) is 5.35. The molecule has 80 valence electrons. The van der Waals surface area contributed by atoms with Gasteiger partial charge >= 0.3 is 0 Å². The molecule has 14 heavy (non-hydrogen) atoms. The van der Waals surface area contributed by atoms with Gasteiger partial charge in [0.1, 0.15) is 0 Å². The molecule has 2 aliphatic carbocycles. The summed E-state index contributed by atoms with van der Waals surface area (Å²) in [6.07, 6.45) is 18.0. The Morgan fingerprint density at radius 1 is 0.571 bits per heavy atom. The molecule has 2 bridgehead atoms. The van der Waals surface area contributed by atoms with Crippen LogP contribution in [0.4, 0.5) is 0 Å². The van der Waals surface area contributed by atoms with Crippen LogP contribution in [0.5, 0.6) is 0 Å². The lowest BCUT2D eigenvalue weighted by Crippen LogP contribution is -2.10. The molecule has 1 atom stereocenters. The summed E-state index contributed by atoms with van der Waals surface area (Å²) in [6, 6.07) is 0. The minimum Gasteiger partial charge on any atom is -0.0531 e. The van der Waals surface area contributed by atoms with E-state index in [2.05, 4.69) is 0 Å². The highest BCUT2D eigenvalue weighted by Crippen LogP contribution is 2.34. The average Bonchev–Trinajstić information content (AvgIpc) is 2.17. The van der Waals surface area contributed by atoms with E-state index in [4.69, 9.17) is 0 Å². The van der Waals surface area contributed by atoms with Crippen LogP contribution in [-0.4, -0.2) is 0 Å². The van der Waals surface area contributed by atoms with Gasteiger partial charge < -0.3 is 0 Å². The summed E-state index contributed by atoms with van der Waals surface area (Å²) in [5.74, 6) is 3.00. The monoisotopic (exact) mass is 193 g/mol. The summed E-state index contributed by atoms with van der Waals surface area (Å²) in [5, 5.41) is 0. The Bertz CT molecular complexity index is 132. The molecule has 0 amide bonds. The molecule has 0 aromatic carbocycles. The quantitative estimate of drug-likeness (QED) is 0.481. The highest BCUT2D eigenvalue weighted by atomic mass is 14.2. The molecule has 2 aliphatic rings. The van der Waals surface area contributed by atoms with E-state index in [0.29, 0.717) is 0 Å². The van der Waals surface area contributed by atoms with Gasteiger partial charge in [-0.05, 0) is 38.0 Å². The minimum atomic E-state index is 1.09. The van der Waals surface area contributed by atoms with Crippen LogP contribution in [0.15, 0.2) is 0 Å². The molecule has 0 aromatic heterocycles. The molecular formula is C14H25+. The molecule has 0 saturated heterocycles. The van der Waals surface area contributed by atoms with Gasteiger partial charge in [-0.2, -0.15) is 0 Å². The summed E-state index contributed by atoms with van der Waals surface area (Å²) < 4.78 is 0. The fourth-order valence-corrected chi connectivity index (χ4v) is 3.19. The van der Waals surface area contributed by atoms with E-state index in [0.717, 1.165) is 5.92 Å². The van der Waals surface area contributed by atoms with Gasteiger partial charge in [-0.1, -0.05) is 25.7 Å². The first-order valence-electron chi connectivity index (χ1n) is 6.79. The molecule has 0 radical (unpaired) electrons. The van der Waals surface area contributed by atoms with Crippen molar-refractivity contribution in [3.63, 3.8) is 0 Å². The van der Waals surface area contributed by atoms with Gasteiger partial charge in [-0.15, -0.1) is 0 Å². The van der Waals surface area contributed by atoms with Gasteiger partial charge in [0.25, 0.3) is 0 Å². The smallest absolute Gasteiger partial charge is 0.0531 e. The van der Waals surface area contributed by atoms with Crippen LogP contribution in [-0.2, 0) is 0 Å². The van der Waals surface area contributed by atoms with E-state index in [1.165, 1.54) is 77.0 Å². The first-order chi connectivity index (χ1) is 6.95. The second kappa shape index (κ2) is 5.68. The average molecular weight is 193 g/mol. The summed E-state index contributed by atoms with van der Waals surface area (Å²) in [4.78, 5) is 0. The Balaban J connectivity index is 1.88. The van der Waals surface area contributed by atoms with Gasteiger partial charge in [0.2, 0.25) is 0 Å². The SMILES string of the molecule is C1CCCC2CCCC[C+](CC1)CC2. The zero-order chi connectivity index (χ0) is 9.64. The van der Waals surface area contributed by atoms with E-state index in [1.54, 1.807) is 0 Å². The van der Waals surface area contributed by atoms with Gasteiger partial charge in [0.05, 0.1) is 25.2 Å². The standard InChI is InChI=1S/C14H25/c1-2-4-8-14-10-6-5-9-13(7-3-1)11-12-14/h13H,1-12H2/q+1. The molecule has 0 aliphatic heterocycles. The third kappa shape index (κ3) is 3.22. The molecule has 0 heteroatoms. The van der Waals surface area contributed by atoms with Crippen molar-refractivity contribution in [2.45, 2.75) is 77.0 Å². The first kappa shape index (κ1) is 10.4. The molecule has 0 N–H and O–H groups in total. The molecule has 2 saturated carbocycles. The Hall–Kier alpha value is -0.130. The predicted molar refractivity (Wildman–Crippen MR) is 62.1 cm³/mol. The summed E-state index contributed by atoms with van der Waals surface area (Å²) >= 11 is 0. The second-order valence-corrected chi connectivity index (χ2v) is 5.35. The summed E-state index contributed by atoms with van der Waals surface area (Å²) in [5.41, 5.74) is 0. The maximum absolute atomic E-state index is 1.91. The van der Waals surface area contributed by atoms with Gasteiger partial charge in [-0.3, -0.25) is 0 Å². The molecule has 2 rings (SSSR count). The van der Waals surface area contributed by atoms with Crippen molar-refractivity contribution >= 4 is 0 Å². The van der Waals surface area contributed by atoms with Gasteiger partial charge in [0.15, 0.2) is 0 Å². The Labute approximate surface area is 89.5 Å². The molecule has 0 nitrogen and oxygen atoms in total. The number of hydrogen-bond donors (Lipinski definition) is 0. The predicted octanol–water partition coefficient (Wildman–Crippen LogP) is 4.89. The lowest BCUT2D eigenvalue weighted by molar-refractivity contribution is 0.340. The van der Waals surface area contributed by atoms with E-state index >= 15 is 0 Å². The zero-order valence-electron chi connectivity index (χ0n) is 9.56. The largest absolute Gasteiger partial charge is 0.0904 e. The van der Waals surface area contributed by atoms with Crippen LogP contribution in [0.2, 0.25) is 0 Å². The summed E-state index contributed by atoms with van der Waals surface area (Å²) in [6.45, 7) is 0. The molecular weight excluding hydrogens is 168 g/mol. The van der Waals surface area contributed by atoms with Gasteiger partial charge in [0, 0.05) is 0 Å². The van der Waals surface area contributed by atoms with Crippen molar-refractivity contribution in [3.05, 3.63) is 5.92 Å². The highest BCUT2D eigenvalue weighted by molar-refractivity contribution is 4.91. The Kier molecular flexibility index (Phi) is 4.21. The number of rotatable bonds is 0. The van der Waals surface area contributed by atoms with Crippen molar-refractivity contribution in [2.24, 2.45) is 5.92 Å². The maximum atomic E-state index is 1.91. The molecule has 0 spiro atoms. The first-order valence-corrected chi connectivity index (χ1v) is 6.79. The third-order valence-electron chi connectivity index (χ3n) is 4.19. The Morgan fingerprint density at radius 3 is 2.07 bits per heavy atom. The molecule has 1 unspecified atom stereocenters. The van der Waals surface area contributed by atoms with Crippen LogP contribution in [0.3, 0.4) is 0 Å². The molecule has 0 aromatic rings. The number of fused-ring (bicyclic) bond motifs is 3. The van der Waals surface area contributed by atoms with Crippen molar-refractivity contribution in [2.75, 3.05) is 0 Å². The maximum Gasteiger partial charge on any atom is 0.0904 e. The summed E-state index contributed by atoms with van der Waals surface area (Å²) in [7, 11) is 0. The van der Waals surface area contributed by atoms with E-state index in [9.17, 15) is 0 Å². The molecule has 2 fully saturated rings. The lowest BCUT2D eigenvalue weighted by atomic mass is 9.80. The van der Waals surface area contributed by atoms with E-state index in [1.807, 2.05) is 5.92 Å². The van der Waals surface area contributed by atoms with Crippen LogP contribution in [0, 0.1) is 11.8 Å². The number of hydrogen-bond acceptors (Lipinski definition) is 0. The van der Waals surface area contributed by atoms with E-state index < -0.39 is 0 Å². The van der Waals surface area contributed by atoms with Gasteiger partial charge in [-0.25, -0.2) is 0 Å².